The number of nitrogen functional groups attached to an aromatic ring is 1. The van der Waals surface area contributed by atoms with Crippen LogP contribution in [0.15, 0.2) is 0 Å². The molecule has 0 spiro atoms. The second kappa shape index (κ2) is 5.42. The van der Waals surface area contributed by atoms with Crippen molar-refractivity contribution in [3.05, 3.63) is 11.4 Å². The van der Waals surface area contributed by atoms with Gasteiger partial charge in [0.1, 0.15) is 6.54 Å². The highest BCUT2D eigenvalue weighted by Crippen LogP contribution is 2.27. The van der Waals surface area contributed by atoms with Gasteiger partial charge >= 0.3 is 0 Å². The highest BCUT2D eigenvalue weighted by Gasteiger charge is 2.22. The highest BCUT2D eigenvalue weighted by molar-refractivity contribution is 5.76. The number of anilines is 1. The lowest BCUT2D eigenvalue weighted by molar-refractivity contribution is -0.121. The quantitative estimate of drug-likeness (QED) is 0.794. The van der Waals surface area contributed by atoms with Crippen molar-refractivity contribution in [2.24, 2.45) is 5.92 Å². The molecule has 1 aromatic heterocycles. The van der Waals surface area contributed by atoms with Crippen LogP contribution in [0.5, 0.6) is 0 Å². The summed E-state index contributed by atoms with van der Waals surface area (Å²) < 4.78 is 1.75. The highest BCUT2D eigenvalue weighted by atomic mass is 16.2. The molecule has 1 fully saturated rings. The third-order valence-electron chi connectivity index (χ3n) is 3.42. The van der Waals surface area contributed by atoms with E-state index in [0.29, 0.717) is 5.92 Å². The molecule has 1 saturated carbocycles. The van der Waals surface area contributed by atoms with Gasteiger partial charge in [0, 0.05) is 6.54 Å². The Hall–Kier alpha value is -1.52. The first-order valence-electron chi connectivity index (χ1n) is 6.76. The van der Waals surface area contributed by atoms with Gasteiger partial charge in [-0.2, -0.15) is 5.10 Å². The number of aryl methyl sites for hydroxylation is 1. The molecule has 0 radical (unpaired) electrons. The summed E-state index contributed by atoms with van der Waals surface area (Å²) in [7, 11) is 0. The minimum Gasteiger partial charge on any atom is -0.396 e. The monoisotopic (exact) mass is 250 g/mol. The second-order valence-corrected chi connectivity index (χ2v) is 4.92. The van der Waals surface area contributed by atoms with E-state index >= 15 is 0 Å². The van der Waals surface area contributed by atoms with Crippen molar-refractivity contribution >= 4 is 11.6 Å². The maximum Gasteiger partial charge on any atom is 0.241 e. The van der Waals surface area contributed by atoms with Crippen molar-refractivity contribution in [3.8, 4) is 0 Å². The molecule has 18 heavy (non-hydrogen) atoms. The normalized spacial score (nSPS) is 14.8. The minimum absolute atomic E-state index is 0.0294. The van der Waals surface area contributed by atoms with Crippen LogP contribution in [0.1, 0.15) is 38.1 Å². The lowest BCUT2D eigenvalue weighted by Crippen LogP contribution is -2.30. The van der Waals surface area contributed by atoms with Crippen molar-refractivity contribution in [3.63, 3.8) is 0 Å². The van der Waals surface area contributed by atoms with Crippen LogP contribution >= 0.6 is 0 Å². The molecular weight excluding hydrogens is 228 g/mol. The van der Waals surface area contributed by atoms with E-state index in [0.717, 1.165) is 36.5 Å². The Morgan fingerprint density at radius 1 is 1.44 bits per heavy atom. The molecule has 0 aromatic carbocycles. The number of hydrogen-bond acceptors (Lipinski definition) is 3. The average molecular weight is 250 g/mol. The van der Waals surface area contributed by atoms with Crippen LogP contribution in [0, 0.1) is 5.92 Å². The number of amides is 1. The Morgan fingerprint density at radius 2 is 2.17 bits per heavy atom. The van der Waals surface area contributed by atoms with Crippen LogP contribution in [-0.4, -0.2) is 22.2 Å². The predicted molar refractivity (Wildman–Crippen MR) is 71.1 cm³/mol. The maximum absolute atomic E-state index is 11.8. The summed E-state index contributed by atoms with van der Waals surface area (Å²) in [4.78, 5) is 11.8. The molecule has 1 aliphatic rings. The van der Waals surface area contributed by atoms with Crippen LogP contribution in [0.2, 0.25) is 0 Å². The molecular formula is C13H22N4O. The fourth-order valence-electron chi connectivity index (χ4n) is 2.10. The van der Waals surface area contributed by atoms with Crippen molar-refractivity contribution in [1.82, 2.24) is 15.1 Å². The van der Waals surface area contributed by atoms with Gasteiger partial charge in [0.2, 0.25) is 5.91 Å². The zero-order valence-electron chi connectivity index (χ0n) is 11.2. The summed E-state index contributed by atoms with van der Waals surface area (Å²) in [6.45, 7) is 5.14. The summed E-state index contributed by atoms with van der Waals surface area (Å²) in [5, 5.41) is 7.36. The molecule has 100 valence electrons. The van der Waals surface area contributed by atoms with E-state index in [9.17, 15) is 4.79 Å². The molecule has 5 nitrogen and oxygen atoms in total. The smallest absolute Gasteiger partial charge is 0.241 e. The molecule has 2 rings (SSSR count). The van der Waals surface area contributed by atoms with Crippen LogP contribution in [0.25, 0.3) is 0 Å². The van der Waals surface area contributed by atoms with E-state index in [2.05, 4.69) is 10.4 Å². The van der Waals surface area contributed by atoms with Crippen molar-refractivity contribution in [1.29, 1.82) is 0 Å². The Balaban J connectivity index is 2.00. The average Bonchev–Trinajstić information content (AvgIpc) is 3.13. The minimum atomic E-state index is 0.0294. The van der Waals surface area contributed by atoms with Gasteiger partial charge in [0.25, 0.3) is 0 Å². The van der Waals surface area contributed by atoms with E-state index in [1.54, 1.807) is 4.68 Å². The fraction of sp³-hybridized carbons (Fsp3) is 0.692. The first-order chi connectivity index (χ1) is 8.65. The van der Waals surface area contributed by atoms with E-state index in [4.69, 9.17) is 5.73 Å². The first kappa shape index (κ1) is 12.9. The van der Waals surface area contributed by atoms with Gasteiger partial charge in [-0.25, -0.2) is 0 Å². The van der Waals surface area contributed by atoms with Gasteiger partial charge in [0.15, 0.2) is 0 Å². The van der Waals surface area contributed by atoms with Crippen LogP contribution in [0.3, 0.4) is 0 Å². The standard InChI is InChI=1S/C13H22N4O/c1-3-10-13(14)11(4-2)17(16-10)8-12(18)15-7-9-5-6-9/h9H,3-8,14H2,1-2H3,(H,15,18). The largest absolute Gasteiger partial charge is 0.396 e. The lowest BCUT2D eigenvalue weighted by atomic mass is 10.2. The van der Waals surface area contributed by atoms with Crippen LogP contribution in [-0.2, 0) is 24.2 Å². The summed E-state index contributed by atoms with van der Waals surface area (Å²) in [5.41, 5.74) is 8.62. The molecule has 3 N–H and O–H groups in total. The summed E-state index contributed by atoms with van der Waals surface area (Å²) in [6, 6.07) is 0. The Morgan fingerprint density at radius 3 is 2.72 bits per heavy atom. The topological polar surface area (TPSA) is 72.9 Å². The molecule has 0 bridgehead atoms. The molecule has 1 aromatic rings. The SMILES string of the molecule is CCc1nn(CC(=O)NCC2CC2)c(CC)c1N. The zero-order chi connectivity index (χ0) is 13.1. The third kappa shape index (κ3) is 2.83. The number of nitrogens with zero attached hydrogens (tertiary/aromatic N) is 2. The second-order valence-electron chi connectivity index (χ2n) is 4.92. The number of nitrogens with one attached hydrogen (secondary N) is 1. The van der Waals surface area contributed by atoms with Crippen molar-refractivity contribution in [2.45, 2.75) is 46.1 Å². The van der Waals surface area contributed by atoms with Crippen LogP contribution in [0.4, 0.5) is 5.69 Å². The Bertz CT molecular complexity index is 434. The van der Waals surface area contributed by atoms with Gasteiger partial charge in [0.05, 0.1) is 17.1 Å². The lowest BCUT2D eigenvalue weighted by Gasteiger charge is -2.07. The zero-order valence-corrected chi connectivity index (χ0v) is 11.2. The molecule has 5 heteroatoms. The van der Waals surface area contributed by atoms with Gasteiger partial charge in [-0.3, -0.25) is 9.48 Å². The van der Waals surface area contributed by atoms with Gasteiger partial charge in [-0.1, -0.05) is 13.8 Å². The van der Waals surface area contributed by atoms with E-state index < -0.39 is 0 Å². The molecule has 1 amide bonds. The molecule has 0 saturated heterocycles. The molecule has 0 aliphatic heterocycles. The third-order valence-corrected chi connectivity index (χ3v) is 3.42. The maximum atomic E-state index is 11.8. The van der Waals surface area contributed by atoms with E-state index in [1.807, 2.05) is 13.8 Å². The molecule has 1 heterocycles. The Kier molecular flexibility index (Phi) is 3.89. The number of rotatable bonds is 6. The van der Waals surface area contributed by atoms with Gasteiger partial charge in [-0.15, -0.1) is 0 Å². The summed E-state index contributed by atoms with van der Waals surface area (Å²) in [5.74, 6) is 0.732. The van der Waals surface area contributed by atoms with Gasteiger partial charge in [-0.05, 0) is 31.6 Å². The number of carbonyl (C=O) groups is 1. The molecule has 0 unspecified atom stereocenters. The number of carbonyl (C=O) groups excluding carboxylic acids is 1. The first-order valence-corrected chi connectivity index (χ1v) is 6.76. The van der Waals surface area contributed by atoms with E-state index in [1.165, 1.54) is 12.8 Å². The van der Waals surface area contributed by atoms with E-state index in [-0.39, 0.29) is 12.5 Å². The Labute approximate surface area is 108 Å². The number of nitrogens with two attached hydrogens (primary N) is 1. The summed E-state index contributed by atoms with van der Waals surface area (Å²) in [6.07, 6.45) is 4.09. The number of hydrogen-bond donors (Lipinski definition) is 2. The molecule has 1 aliphatic carbocycles. The number of aromatic nitrogens is 2. The summed E-state index contributed by atoms with van der Waals surface area (Å²) >= 11 is 0. The van der Waals surface area contributed by atoms with Crippen molar-refractivity contribution < 1.29 is 4.79 Å². The predicted octanol–water partition coefficient (Wildman–Crippen LogP) is 1.12. The van der Waals surface area contributed by atoms with Gasteiger partial charge < -0.3 is 11.1 Å². The molecule has 0 atom stereocenters. The van der Waals surface area contributed by atoms with Crippen molar-refractivity contribution in [2.75, 3.05) is 12.3 Å². The van der Waals surface area contributed by atoms with Crippen LogP contribution < -0.4 is 11.1 Å². The fourth-order valence-corrected chi connectivity index (χ4v) is 2.10.